The third kappa shape index (κ3) is 5.22. The summed E-state index contributed by atoms with van der Waals surface area (Å²) in [6.07, 6.45) is -0.543. The lowest BCUT2D eigenvalue weighted by Gasteiger charge is -2.34. The second-order valence-electron chi connectivity index (χ2n) is 9.67. The molecule has 2 amide bonds. The maximum absolute atomic E-state index is 13.7. The van der Waals surface area contributed by atoms with Crippen molar-refractivity contribution >= 4 is 41.4 Å². The van der Waals surface area contributed by atoms with Crippen molar-refractivity contribution in [3.05, 3.63) is 69.9 Å². The van der Waals surface area contributed by atoms with E-state index in [0.29, 0.717) is 38.4 Å². The van der Waals surface area contributed by atoms with Crippen LogP contribution in [0.5, 0.6) is 0 Å². The number of carbonyl (C=O) groups is 2. The fraction of sp³-hybridized carbons (Fsp3) is 0.370. The molecule has 38 heavy (non-hydrogen) atoms. The Balaban J connectivity index is 1.21. The monoisotopic (exact) mass is 546 g/mol. The summed E-state index contributed by atoms with van der Waals surface area (Å²) in [6.45, 7) is 3.88. The summed E-state index contributed by atoms with van der Waals surface area (Å²) in [5.74, 6) is -1.52. The van der Waals surface area contributed by atoms with E-state index in [1.807, 2.05) is 41.5 Å². The molecule has 5 rings (SSSR count). The molecule has 0 bridgehead atoms. The van der Waals surface area contributed by atoms with E-state index in [4.69, 9.17) is 0 Å². The smallest absolute Gasteiger partial charge is 0.312 e. The van der Waals surface area contributed by atoms with Crippen LogP contribution in [0.15, 0.2) is 46.8 Å². The van der Waals surface area contributed by atoms with Gasteiger partial charge in [-0.05, 0) is 79.1 Å². The number of aliphatic imine (C=N–C) groups is 1. The predicted octanol–water partition coefficient (Wildman–Crippen LogP) is 5.31. The Labute approximate surface area is 221 Å². The Morgan fingerprint density at radius 2 is 1.84 bits per heavy atom. The van der Waals surface area contributed by atoms with E-state index in [2.05, 4.69) is 14.6 Å². The van der Waals surface area contributed by atoms with Crippen LogP contribution in [0.1, 0.15) is 47.9 Å². The number of nitrogens with one attached hydrogen (secondary N) is 1. The summed E-state index contributed by atoms with van der Waals surface area (Å²) < 4.78 is 55.1. The molecular formula is C27H26F4N4O2S. The highest BCUT2D eigenvalue weighted by Crippen LogP contribution is 2.36. The molecule has 2 fully saturated rings. The third-order valence-electron chi connectivity index (χ3n) is 7.17. The zero-order valence-electron chi connectivity index (χ0n) is 20.6. The van der Waals surface area contributed by atoms with Gasteiger partial charge < -0.3 is 10.2 Å². The van der Waals surface area contributed by atoms with E-state index in [9.17, 15) is 27.2 Å². The fourth-order valence-electron chi connectivity index (χ4n) is 4.97. The number of amidine groups is 1. The van der Waals surface area contributed by atoms with E-state index in [1.54, 1.807) is 0 Å². The normalized spacial score (nSPS) is 20.0. The fourth-order valence-corrected chi connectivity index (χ4v) is 5.74. The molecule has 0 saturated carbocycles. The molecule has 3 heterocycles. The first-order valence-corrected chi connectivity index (χ1v) is 13.2. The van der Waals surface area contributed by atoms with Gasteiger partial charge in [0, 0.05) is 37.3 Å². The second kappa shape index (κ2) is 10.2. The van der Waals surface area contributed by atoms with Gasteiger partial charge in [0.2, 0.25) is 5.91 Å². The summed E-state index contributed by atoms with van der Waals surface area (Å²) in [4.78, 5) is 31.1. The molecule has 0 unspecified atom stereocenters. The molecule has 11 heteroatoms. The molecule has 0 aromatic heterocycles. The molecular weight excluding hydrogens is 520 g/mol. The van der Waals surface area contributed by atoms with E-state index in [0.717, 1.165) is 35.8 Å². The summed E-state index contributed by atoms with van der Waals surface area (Å²) in [7, 11) is 0. The first kappa shape index (κ1) is 26.4. The first-order chi connectivity index (χ1) is 18.1. The summed E-state index contributed by atoms with van der Waals surface area (Å²) >= 11 is 1.52. The predicted molar refractivity (Wildman–Crippen MR) is 139 cm³/mol. The Morgan fingerprint density at radius 1 is 1.08 bits per heavy atom. The van der Waals surface area contributed by atoms with Crippen molar-refractivity contribution in [2.75, 3.05) is 24.5 Å². The standard InChI is InChI=1S/C27H26F4N4O2S/c1-17-15-20(35-11-2-3-23(35)36)6-4-18(17)8-14-38-34-12-9-26(10-13-34)25(37)32-24(33-26)19-5-7-22(28)21(16-19)27(29,30)31/h4-8,14-16H,2-3,9-13H2,1H3,(H,32,33,37)/b14-8+. The van der Waals surface area contributed by atoms with Crippen molar-refractivity contribution in [2.24, 2.45) is 4.99 Å². The van der Waals surface area contributed by atoms with Crippen LogP contribution in [0.2, 0.25) is 0 Å². The molecule has 2 aromatic rings. The largest absolute Gasteiger partial charge is 0.419 e. The highest BCUT2D eigenvalue weighted by atomic mass is 32.2. The lowest BCUT2D eigenvalue weighted by Crippen LogP contribution is -2.47. The average molecular weight is 547 g/mol. The van der Waals surface area contributed by atoms with Gasteiger partial charge in [0.1, 0.15) is 17.2 Å². The average Bonchev–Trinajstić information content (AvgIpc) is 3.44. The van der Waals surface area contributed by atoms with Crippen molar-refractivity contribution < 1.29 is 27.2 Å². The van der Waals surface area contributed by atoms with E-state index < -0.39 is 23.1 Å². The van der Waals surface area contributed by atoms with Gasteiger partial charge in [-0.15, -0.1) is 0 Å². The molecule has 1 spiro atoms. The Hall–Kier alpha value is -3.18. The number of halogens is 4. The van der Waals surface area contributed by atoms with Gasteiger partial charge in [0.15, 0.2) is 0 Å². The number of anilines is 1. The van der Waals surface area contributed by atoms with Crippen LogP contribution in [-0.4, -0.2) is 47.1 Å². The number of alkyl halides is 3. The Kier molecular flexibility index (Phi) is 7.08. The molecule has 2 aromatic carbocycles. The van der Waals surface area contributed by atoms with Gasteiger partial charge in [-0.2, -0.15) is 13.2 Å². The summed E-state index contributed by atoms with van der Waals surface area (Å²) in [6, 6.07) is 8.59. The zero-order chi connectivity index (χ0) is 27.1. The van der Waals surface area contributed by atoms with Crippen molar-refractivity contribution in [3.63, 3.8) is 0 Å². The molecule has 0 atom stereocenters. The lowest BCUT2D eigenvalue weighted by atomic mass is 9.89. The topological polar surface area (TPSA) is 65.0 Å². The van der Waals surface area contributed by atoms with Crippen molar-refractivity contribution in [1.82, 2.24) is 9.62 Å². The number of amides is 2. The molecule has 2 saturated heterocycles. The van der Waals surface area contributed by atoms with Gasteiger partial charge in [0.05, 0.1) is 5.56 Å². The number of aryl methyl sites for hydroxylation is 1. The van der Waals surface area contributed by atoms with Crippen LogP contribution < -0.4 is 10.2 Å². The van der Waals surface area contributed by atoms with Crippen LogP contribution in [0.25, 0.3) is 6.08 Å². The Bertz CT molecular complexity index is 1330. The maximum Gasteiger partial charge on any atom is 0.419 e. The van der Waals surface area contributed by atoms with Gasteiger partial charge in [-0.1, -0.05) is 18.0 Å². The number of rotatable bonds is 5. The molecule has 6 nitrogen and oxygen atoms in total. The number of hydrogen-bond acceptors (Lipinski definition) is 5. The number of nitrogens with zero attached hydrogens (tertiary/aromatic N) is 3. The van der Waals surface area contributed by atoms with Crippen LogP contribution in [0, 0.1) is 12.7 Å². The van der Waals surface area contributed by atoms with Gasteiger partial charge >= 0.3 is 6.18 Å². The minimum Gasteiger partial charge on any atom is -0.312 e. The SMILES string of the molecule is Cc1cc(N2CCCC2=O)ccc1/C=C/SN1CCC2(CC1)N=C(c1ccc(F)c(C(F)(F)F)c1)NC2=O. The molecule has 3 aliphatic heterocycles. The van der Waals surface area contributed by atoms with E-state index >= 15 is 0 Å². The highest BCUT2D eigenvalue weighted by Gasteiger charge is 2.46. The van der Waals surface area contributed by atoms with Crippen molar-refractivity contribution in [1.29, 1.82) is 0 Å². The van der Waals surface area contributed by atoms with E-state index in [-0.39, 0.29) is 23.2 Å². The summed E-state index contributed by atoms with van der Waals surface area (Å²) in [5.41, 5.74) is 0.627. The van der Waals surface area contributed by atoms with Crippen LogP contribution in [-0.2, 0) is 15.8 Å². The molecule has 0 radical (unpaired) electrons. The highest BCUT2D eigenvalue weighted by molar-refractivity contribution is 8.00. The summed E-state index contributed by atoms with van der Waals surface area (Å²) in [5, 5.41) is 4.57. The first-order valence-electron chi connectivity index (χ1n) is 12.3. The van der Waals surface area contributed by atoms with Crippen molar-refractivity contribution in [2.45, 2.75) is 44.3 Å². The maximum atomic E-state index is 13.7. The number of benzene rings is 2. The quantitative estimate of drug-likeness (QED) is 0.408. The number of hydrogen-bond donors (Lipinski definition) is 1. The minimum absolute atomic E-state index is 0.0270. The number of carbonyl (C=O) groups excluding carboxylic acids is 2. The van der Waals surface area contributed by atoms with Gasteiger partial charge in [-0.25, -0.2) is 8.70 Å². The van der Waals surface area contributed by atoms with Crippen LogP contribution in [0.4, 0.5) is 23.2 Å². The van der Waals surface area contributed by atoms with Crippen LogP contribution in [0.3, 0.4) is 0 Å². The van der Waals surface area contributed by atoms with Crippen LogP contribution >= 0.6 is 11.9 Å². The second-order valence-corrected chi connectivity index (χ2v) is 10.7. The Morgan fingerprint density at radius 3 is 2.50 bits per heavy atom. The molecule has 0 aliphatic carbocycles. The molecule has 200 valence electrons. The molecule has 3 aliphatic rings. The van der Waals surface area contributed by atoms with Crippen molar-refractivity contribution in [3.8, 4) is 0 Å². The van der Waals surface area contributed by atoms with Gasteiger partial charge in [0.25, 0.3) is 5.91 Å². The number of piperidine rings is 1. The van der Waals surface area contributed by atoms with E-state index in [1.165, 1.54) is 18.0 Å². The zero-order valence-corrected chi connectivity index (χ0v) is 21.5. The minimum atomic E-state index is -4.84. The lowest BCUT2D eigenvalue weighted by molar-refractivity contribution is -0.140. The van der Waals surface area contributed by atoms with Gasteiger partial charge in [-0.3, -0.25) is 14.6 Å². The third-order valence-corrected chi connectivity index (χ3v) is 8.09. The molecule has 1 N–H and O–H groups in total.